The van der Waals surface area contributed by atoms with Gasteiger partial charge in [0.05, 0.1) is 13.7 Å². The average Bonchev–Trinajstić information content (AvgIpc) is 2.48. The van der Waals surface area contributed by atoms with Crippen LogP contribution in [-0.4, -0.2) is 36.3 Å². The van der Waals surface area contributed by atoms with Crippen molar-refractivity contribution in [2.24, 2.45) is 0 Å². The van der Waals surface area contributed by atoms with E-state index < -0.39 is 0 Å². The molecule has 112 valence electrons. The Labute approximate surface area is 122 Å². The summed E-state index contributed by atoms with van der Waals surface area (Å²) in [6.45, 7) is 3.96. The second kappa shape index (κ2) is 7.65. The second-order valence-electron chi connectivity index (χ2n) is 5.80. The van der Waals surface area contributed by atoms with Gasteiger partial charge in [0.25, 0.3) is 0 Å². The lowest BCUT2D eigenvalue weighted by Gasteiger charge is -2.34. The van der Waals surface area contributed by atoms with Gasteiger partial charge in [-0.1, -0.05) is 37.0 Å². The molecule has 1 fully saturated rings. The lowest BCUT2D eigenvalue weighted by Crippen LogP contribution is -2.38. The van der Waals surface area contributed by atoms with E-state index in [0.717, 1.165) is 18.8 Å². The molecule has 0 amide bonds. The molecule has 20 heavy (non-hydrogen) atoms. The Bertz CT molecular complexity index is 413. The fraction of sp³-hybridized carbons (Fsp3) is 0.647. The molecule has 3 heteroatoms. The monoisotopic (exact) mass is 277 g/mol. The summed E-state index contributed by atoms with van der Waals surface area (Å²) in [6.07, 6.45) is 6.51. The minimum atomic E-state index is 0.227. The lowest BCUT2D eigenvalue weighted by molar-refractivity contribution is 0.116. The van der Waals surface area contributed by atoms with Crippen LogP contribution in [0, 0.1) is 6.92 Å². The van der Waals surface area contributed by atoms with E-state index in [1.54, 1.807) is 7.11 Å². The molecule has 2 rings (SSSR count). The van der Waals surface area contributed by atoms with Crippen LogP contribution in [0.25, 0.3) is 0 Å². The predicted molar refractivity (Wildman–Crippen MR) is 82.1 cm³/mol. The molecule has 1 aliphatic rings. The molecular formula is C17H27NO2. The number of benzene rings is 1. The summed E-state index contributed by atoms with van der Waals surface area (Å²) in [4.78, 5) is 2.43. The van der Waals surface area contributed by atoms with Crippen molar-refractivity contribution < 1.29 is 9.84 Å². The van der Waals surface area contributed by atoms with Gasteiger partial charge in [-0.3, -0.25) is 4.90 Å². The van der Waals surface area contributed by atoms with Crippen LogP contribution < -0.4 is 4.74 Å². The fourth-order valence-corrected chi connectivity index (χ4v) is 3.22. The Kier molecular flexibility index (Phi) is 5.86. The standard InChI is InChI=1S/C17H27NO2/c1-14-8-9-17(20-2)15(12-14)13-18(10-11-19)16-6-4-3-5-7-16/h8-9,12,16,19H,3-7,10-11,13H2,1-2H3. The highest BCUT2D eigenvalue weighted by Gasteiger charge is 2.21. The van der Waals surface area contributed by atoms with E-state index in [2.05, 4.69) is 24.0 Å². The predicted octanol–water partition coefficient (Wildman–Crippen LogP) is 3.13. The maximum atomic E-state index is 9.35. The number of aryl methyl sites for hydroxylation is 1. The number of aliphatic hydroxyl groups is 1. The average molecular weight is 277 g/mol. The highest BCUT2D eigenvalue weighted by molar-refractivity contribution is 5.36. The SMILES string of the molecule is COc1ccc(C)cc1CN(CCO)C1CCCCC1. The number of hydrogen-bond donors (Lipinski definition) is 1. The van der Waals surface area contributed by atoms with Gasteiger partial charge in [0.15, 0.2) is 0 Å². The zero-order chi connectivity index (χ0) is 14.4. The Morgan fingerprint density at radius 1 is 1.25 bits per heavy atom. The van der Waals surface area contributed by atoms with Crippen molar-refractivity contribution >= 4 is 0 Å². The van der Waals surface area contributed by atoms with Crippen molar-refractivity contribution in [3.63, 3.8) is 0 Å². The normalized spacial score (nSPS) is 16.6. The summed E-state index contributed by atoms with van der Waals surface area (Å²) >= 11 is 0. The van der Waals surface area contributed by atoms with Crippen LogP contribution in [-0.2, 0) is 6.54 Å². The Morgan fingerprint density at radius 3 is 2.65 bits per heavy atom. The first-order valence-corrected chi connectivity index (χ1v) is 7.73. The van der Waals surface area contributed by atoms with Gasteiger partial charge in [-0.25, -0.2) is 0 Å². The van der Waals surface area contributed by atoms with Gasteiger partial charge < -0.3 is 9.84 Å². The molecule has 1 aromatic carbocycles. The maximum absolute atomic E-state index is 9.35. The maximum Gasteiger partial charge on any atom is 0.123 e. The summed E-state index contributed by atoms with van der Waals surface area (Å²) in [5, 5.41) is 9.35. The van der Waals surface area contributed by atoms with Crippen LogP contribution in [0.2, 0.25) is 0 Å². The van der Waals surface area contributed by atoms with E-state index in [0.29, 0.717) is 6.04 Å². The number of ether oxygens (including phenoxy) is 1. The van der Waals surface area contributed by atoms with Crippen molar-refractivity contribution in [3.8, 4) is 5.75 Å². The van der Waals surface area contributed by atoms with Crippen LogP contribution in [0.4, 0.5) is 0 Å². The van der Waals surface area contributed by atoms with Crippen molar-refractivity contribution in [1.29, 1.82) is 0 Å². The van der Waals surface area contributed by atoms with Gasteiger partial charge in [-0.05, 0) is 25.8 Å². The number of aliphatic hydroxyl groups excluding tert-OH is 1. The third-order valence-electron chi connectivity index (χ3n) is 4.29. The molecule has 1 aliphatic carbocycles. The molecule has 0 bridgehead atoms. The number of hydrogen-bond acceptors (Lipinski definition) is 3. The minimum Gasteiger partial charge on any atom is -0.496 e. The summed E-state index contributed by atoms with van der Waals surface area (Å²) in [6, 6.07) is 6.94. The molecule has 1 N–H and O–H groups in total. The quantitative estimate of drug-likeness (QED) is 0.867. The smallest absolute Gasteiger partial charge is 0.123 e. The summed E-state index contributed by atoms with van der Waals surface area (Å²) in [7, 11) is 1.73. The van der Waals surface area contributed by atoms with Crippen molar-refractivity contribution in [2.75, 3.05) is 20.3 Å². The molecule has 0 spiro atoms. The van der Waals surface area contributed by atoms with Crippen molar-refractivity contribution in [2.45, 2.75) is 51.6 Å². The van der Waals surface area contributed by atoms with Gasteiger partial charge in [0.1, 0.15) is 5.75 Å². The van der Waals surface area contributed by atoms with Gasteiger partial charge in [-0.2, -0.15) is 0 Å². The Morgan fingerprint density at radius 2 is 2.00 bits per heavy atom. The molecular weight excluding hydrogens is 250 g/mol. The third-order valence-corrected chi connectivity index (χ3v) is 4.29. The van der Waals surface area contributed by atoms with Gasteiger partial charge >= 0.3 is 0 Å². The van der Waals surface area contributed by atoms with E-state index >= 15 is 0 Å². The van der Waals surface area contributed by atoms with Gasteiger partial charge in [-0.15, -0.1) is 0 Å². The molecule has 0 aliphatic heterocycles. The second-order valence-corrected chi connectivity index (χ2v) is 5.80. The number of rotatable bonds is 6. The first-order valence-electron chi connectivity index (χ1n) is 7.73. The summed E-state index contributed by atoms with van der Waals surface area (Å²) in [5.74, 6) is 0.953. The molecule has 0 aromatic heterocycles. The highest BCUT2D eigenvalue weighted by Crippen LogP contribution is 2.27. The van der Waals surface area contributed by atoms with Gasteiger partial charge in [0.2, 0.25) is 0 Å². The van der Waals surface area contributed by atoms with Gasteiger partial charge in [0, 0.05) is 24.7 Å². The van der Waals surface area contributed by atoms with Crippen LogP contribution >= 0.6 is 0 Å². The zero-order valence-electron chi connectivity index (χ0n) is 12.8. The van der Waals surface area contributed by atoms with E-state index in [4.69, 9.17) is 4.74 Å². The molecule has 1 aromatic rings. The fourth-order valence-electron chi connectivity index (χ4n) is 3.22. The van der Waals surface area contributed by atoms with E-state index in [-0.39, 0.29) is 6.61 Å². The molecule has 3 nitrogen and oxygen atoms in total. The first kappa shape index (κ1) is 15.3. The van der Waals surface area contributed by atoms with E-state index in [9.17, 15) is 5.11 Å². The number of methoxy groups -OCH3 is 1. The molecule has 1 saturated carbocycles. The largest absolute Gasteiger partial charge is 0.496 e. The molecule has 0 unspecified atom stereocenters. The topological polar surface area (TPSA) is 32.7 Å². The highest BCUT2D eigenvalue weighted by atomic mass is 16.5. The molecule has 0 radical (unpaired) electrons. The first-order chi connectivity index (χ1) is 9.74. The van der Waals surface area contributed by atoms with Crippen LogP contribution in [0.15, 0.2) is 18.2 Å². The molecule has 0 saturated heterocycles. The Hall–Kier alpha value is -1.06. The van der Waals surface area contributed by atoms with Crippen molar-refractivity contribution in [3.05, 3.63) is 29.3 Å². The van der Waals surface area contributed by atoms with E-state index in [1.807, 2.05) is 6.07 Å². The Balaban J connectivity index is 2.12. The molecule has 0 atom stereocenters. The summed E-state index contributed by atoms with van der Waals surface area (Å²) in [5.41, 5.74) is 2.49. The summed E-state index contributed by atoms with van der Waals surface area (Å²) < 4.78 is 5.48. The van der Waals surface area contributed by atoms with Crippen molar-refractivity contribution in [1.82, 2.24) is 4.90 Å². The van der Waals surface area contributed by atoms with Crippen LogP contribution in [0.1, 0.15) is 43.2 Å². The zero-order valence-corrected chi connectivity index (χ0v) is 12.8. The van der Waals surface area contributed by atoms with E-state index in [1.165, 1.54) is 43.2 Å². The minimum absolute atomic E-state index is 0.227. The van der Waals surface area contributed by atoms with Crippen LogP contribution in [0.3, 0.4) is 0 Å². The third kappa shape index (κ3) is 3.97. The lowest BCUT2D eigenvalue weighted by atomic mass is 9.93. The van der Waals surface area contributed by atoms with Crippen LogP contribution in [0.5, 0.6) is 5.75 Å². The molecule has 0 heterocycles. The number of nitrogens with zero attached hydrogens (tertiary/aromatic N) is 1.